The molecule has 2 aromatic carbocycles. The summed E-state index contributed by atoms with van der Waals surface area (Å²) in [5.41, 5.74) is 1.86. The van der Waals surface area contributed by atoms with Gasteiger partial charge in [0.1, 0.15) is 4.99 Å². The highest BCUT2D eigenvalue weighted by Gasteiger charge is 2.23. The van der Waals surface area contributed by atoms with Gasteiger partial charge in [-0.1, -0.05) is 41.9 Å². The maximum Gasteiger partial charge on any atom is 0.266 e. The van der Waals surface area contributed by atoms with Crippen LogP contribution in [0.5, 0.6) is 0 Å². The molecule has 2 nitrogen and oxygen atoms in total. The molecule has 1 aliphatic rings. The summed E-state index contributed by atoms with van der Waals surface area (Å²) in [5, 5.41) is 2.28. The van der Waals surface area contributed by atoms with E-state index >= 15 is 0 Å². The van der Waals surface area contributed by atoms with Crippen molar-refractivity contribution in [2.24, 2.45) is 0 Å². The van der Waals surface area contributed by atoms with Gasteiger partial charge in [-0.05, 0) is 24.3 Å². The summed E-state index contributed by atoms with van der Waals surface area (Å²) in [6.07, 6.45) is 0. The number of hydrogen-bond acceptors (Lipinski definition) is 1. The van der Waals surface area contributed by atoms with Crippen molar-refractivity contribution in [3.63, 3.8) is 0 Å². The van der Waals surface area contributed by atoms with Crippen molar-refractivity contribution in [2.45, 2.75) is 0 Å². The zero-order chi connectivity index (χ0) is 13.2. The van der Waals surface area contributed by atoms with Gasteiger partial charge < -0.3 is 0 Å². The number of amides is 1. The Morgan fingerprint density at radius 2 is 1.63 bits per heavy atom. The smallest absolute Gasteiger partial charge is 0.266 e. The Labute approximate surface area is 119 Å². The topological polar surface area (TPSA) is 20.3 Å². The van der Waals surface area contributed by atoms with Gasteiger partial charge in [0.2, 0.25) is 0 Å². The van der Waals surface area contributed by atoms with Crippen LogP contribution in [0, 0.1) is 0 Å². The molecule has 0 atom stereocenters. The van der Waals surface area contributed by atoms with E-state index in [9.17, 15) is 4.79 Å². The quantitative estimate of drug-likeness (QED) is 0.775. The van der Waals surface area contributed by atoms with Gasteiger partial charge in [0.05, 0.1) is 11.1 Å². The Balaban J connectivity index is 2.03. The predicted octanol–water partition coefficient (Wildman–Crippen LogP) is 3.40. The molecule has 0 spiro atoms. The maximum absolute atomic E-state index is 12.0. The molecule has 0 unspecified atom stereocenters. The molecule has 0 bridgehead atoms. The minimum atomic E-state index is -0.0221. The fourth-order valence-electron chi connectivity index (χ4n) is 1.92. The number of nitrogens with zero attached hydrogens (tertiary/aromatic N) is 1. The van der Waals surface area contributed by atoms with Crippen molar-refractivity contribution in [1.82, 2.24) is 0 Å². The minimum Gasteiger partial charge on any atom is -0.268 e. The normalized spacial score (nSPS) is 14.3. The summed E-state index contributed by atoms with van der Waals surface area (Å²) in [5.74, 6) is -0.0221. The van der Waals surface area contributed by atoms with Crippen molar-refractivity contribution < 1.29 is 4.79 Å². The van der Waals surface area contributed by atoms with Crippen LogP contribution < -0.4 is 4.90 Å². The molecule has 0 aromatic heterocycles. The fourth-order valence-corrected chi connectivity index (χ4v) is 2.94. The number of hydrogen-bond donors (Lipinski definition) is 0. The van der Waals surface area contributed by atoms with Gasteiger partial charge in [-0.3, -0.25) is 9.69 Å². The van der Waals surface area contributed by atoms with Gasteiger partial charge in [-0.2, -0.15) is 0 Å². The van der Waals surface area contributed by atoms with E-state index in [-0.39, 0.29) is 5.91 Å². The van der Waals surface area contributed by atoms with Crippen molar-refractivity contribution in [2.75, 3.05) is 4.90 Å². The lowest BCUT2D eigenvalue weighted by Gasteiger charge is -2.19. The lowest BCUT2D eigenvalue weighted by Crippen LogP contribution is -2.33. The summed E-state index contributed by atoms with van der Waals surface area (Å²) in [6, 6.07) is 17.2. The lowest BCUT2D eigenvalue weighted by atomic mass is 10.2. The first-order chi connectivity index (χ1) is 9.25. The Hall–Kier alpha value is -1.84. The first-order valence-electron chi connectivity index (χ1n) is 5.77. The van der Waals surface area contributed by atoms with E-state index in [1.54, 1.807) is 22.4 Å². The monoisotopic (exact) mass is 287 g/mol. The average molecular weight is 288 g/mol. The van der Waals surface area contributed by atoms with Crippen LogP contribution in [0.3, 0.4) is 0 Å². The van der Waals surface area contributed by atoms with E-state index in [0.717, 1.165) is 16.2 Å². The summed E-state index contributed by atoms with van der Waals surface area (Å²) in [4.78, 5) is 14.7. The van der Waals surface area contributed by atoms with Crippen LogP contribution in [-0.2, 0) is 4.79 Å². The molecule has 1 amide bonds. The third-order valence-electron chi connectivity index (χ3n) is 2.80. The number of anilines is 1. The molecule has 3 rings (SSSR count). The lowest BCUT2D eigenvalue weighted by molar-refractivity contribution is -0.111. The molecule has 0 aliphatic carbocycles. The van der Waals surface area contributed by atoms with Gasteiger partial charge in [0.15, 0.2) is 0 Å². The Morgan fingerprint density at radius 1 is 0.947 bits per heavy atom. The van der Waals surface area contributed by atoms with E-state index in [1.807, 2.05) is 42.5 Å². The van der Waals surface area contributed by atoms with Gasteiger partial charge in [-0.15, -0.1) is 10.9 Å². The number of carbonyl (C=O) groups is 1. The molecular weight excluding hydrogens is 278 g/mol. The molecule has 94 valence electrons. The maximum atomic E-state index is 12.0. The first kappa shape index (κ1) is 12.2. The third-order valence-corrected chi connectivity index (χ3v) is 4.01. The van der Waals surface area contributed by atoms with Crippen LogP contribution in [0.15, 0.2) is 54.6 Å². The van der Waals surface area contributed by atoms with Crippen LogP contribution in [0.4, 0.5) is 5.69 Å². The number of halogens is 1. The van der Waals surface area contributed by atoms with Gasteiger partial charge in [0.25, 0.3) is 5.91 Å². The second-order valence-corrected chi connectivity index (χ2v) is 5.35. The van der Waals surface area contributed by atoms with E-state index in [1.165, 1.54) is 10.9 Å². The number of rotatable bonds is 2. The Kier molecular flexibility index (Phi) is 3.23. The van der Waals surface area contributed by atoms with Crippen LogP contribution in [0.1, 0.15) is 5.56 Å². The molecule has 19 heavy (non-hydrogen) atoms. The Morgan fingerprint density at radius 3 is 2.32 bits per heavy atom. The zero-order valence-corrected chi connectivity index (χ0v) is 11.5. The average Bonchev–Trinajstić information content (AvgIpc) is 2.83. The van der Waals surface area contributed by atoms with E-state index in [2.05, 4.69) is 0 Å². The molecule has 0 N–H and O–H groups in total. The van der Waals surface area contributed by atoms with Crippen molar-refractivity contribution in [3.8, 4) is 0 Å². The van der Waals surface area contributed by atoms with E-state index in [4.69, 9.17) is 11.6 Å². The molecule has 2 aromatic rings. The van der Waals surface area contributed by atoms with Crippen LogP contribution >= 0.6 is 22.5 Å². The van der Waals surface area contributed by atoms with Crippen LogP contribution in [0.2, 0.25) is 5.02 Å². The van der Waals surface area contributed by atoms with Gasteiger partial charge >= 0.3 is 0 Å². The molecule has 0 fully saturated rings. The van der Waals surface area contributed by atoms with Crippen molar-refractivity contribution >= 4 is 44.5 Å². The minimum absolute atomic E-state index is 0.0221. The standard InChI is InChI=1S/C15H10ClNOS/c16-12-6-8-13(9-7-12)17-14(18)10-19-15(17)11-4-2-1-3-5-11/h1-10H. The fraction of sp³-hybridized carbons (Fsp3) is 0. The summed E-state index contributed by atoms with van der Waals surface area (Å²) < 4.78 is 0. The summed E-state index contributed by atoms with van der Waals surface area (Å²) >= 11 is 5.88. The van der Waals surface area contributed by atoms with Gasteiger partial charge in [0, 0.05) is 10.6 Å². The predicted molar refractivity (Wildman–Crippen MR) is 83.1 cm³/mol. The molecule has 0 saturated heterocycles. The summed E-state index contributed by atoms with van der Waals surface area (Å²) in [7, 11) is 1.45. The SMILES string of the molecule is O=C1C=S=C(c2ccccc2)N1c1ccc(Cl)cc1. The van der Waals surface area contributed by atoms with Crippen LogP contribution in [0.25, 0.3) is 0 Å². The van der Waals surface area contributed by atoms with Crippen molar-refractivity contribution in [3.05, 3.63) is 65.2 Å². The molecule has 4 heteroatoms. The van der Waals surface area contributed by atoms with Gasteiger partial charge in [-0.25, -0.2) is 0 Å². The third kappa shape index (κ3) is 2.35. The highest BCUT2D eigenvalue weighted by molar-refractivity contribution is 7.99. The highest BCUT2D eigenvalue weighted by Crippen LogP contribution is 2.23. The van der Waals surface area contributed by atoms with Crippen LogP contribution in [-0.4, -0.2) is 16.3 Å². The summed E-state index contributed by atoms with van der Waals surface area (Å²) in [6.45, 7) is 0. The Bertz CT molecular complexity index is 688. The molecule has 1 heterocycles. The molecule has 0 saturated carbocycles. The molecule has 1 aliphatic heterocycles. The van der Waals surface area contributed by atoms with E-state index in [0.29, 0.717) is 5.02 Å². The van der Waals surface area contributed by atoms with Crippen molar-refractivity contribution in [1.29, 1.82) is 0 Å². The molecule has 0 radical (unpaired) electrons. The number of benzene rings is 2. The highest BCUT2D eigenvalue weighted by atomic mass is 35.5. The second kappa shape index (κ2) is 5.03. The largest absolute Gasteiger partial charge is 0.268 e. The number of carbonyl (C=O) groups excluding carboxylic acids is 1. The second-order valence-electron chi connectivity index (χ2n) is 4.06. The van der Waals surface area contributed by atoms with E-state index < -0.39 is 0 Å². The first-order valence-corrected chi connectivity index (χ1v) is 7.03. The zero-order valence-electron chi connectivity index (χ0n) is 9.92. The molecular formula is C15H10ClNOS.